The maximum Gasteiger partial charge on any atom is 0.220 e. The molecule has 132 valence electrons. The van der Waals surface area contributed by atoms with Crippen LogP contribution in [-0.2, 0) is 11.3 Å². The Morgan fingerprint density at radius 2 is 1.88 bits per heavy atom. The zero-order valence-electron chi connectivity index (χ0n) is 13.8. The summed E-state index contributed by atoms with van der Waals surface area (Å²) in [4.78, 5) is 32.7. The van der Waals surface area contributed by atoms with Crippen molar-refractivity contribution >= 4 is 34.6 Å². The summed E-state index contributed by atoms with van der Waals surface area (Å²) in [6, 6.07) is 12.3. The van der Waals surface area contributed by atoms with E-state index in [4.69, 9.17) is 11.6 Å². The minimum Gasteiger partial charge on any atom is -0.350 e. The number of halogens is 1. The first-order valence-corrected chi connectivity index (χ1v) is 9.29. The number of carbonyl (C=O) groups is 2. The Bertz CT molecular complexity index is 895. The summed E-state index contributed by atoms with van der Waals surface area (Å²) in [6.07, 6.45) is 2.01. The van der Waals surface area contributed by atoms with Gasteiger partial charge in [0.25, 0.3) is 0 Å². The van der Waals surface area contributed by atoms with Crippen LogP contribution in [-0.4, -0.2) is 21.7 Å². The molecule has 3 aromatic rings. The summed E-state index contributed by atoms with van der Waals surface area (Å²) in [5.41, 5.74) is 2.14. The van der Waals surface area contributed by atoms with Crippen molar-refractivity contribution in [3.8, 4) is 10.7 Å². The fourth-order valence-electron chi connectivity index (χ4n) is 2.28. The highest BCUT2D eigenvalue weighted by Crippen LogP contribution is 2.21. The van der Waals surface area contributed by atoms with Gasteiger partial charge in [-0.05, 0) is 36.4 Å². The minimum absolute atomic E-state index is 0.0806. The number of nitrogens with one attached hydrogen (secondary N) is 1. The second-order valence-corrected chi connectivity index (χ2v) is 6.86. The van der Waals surface area contributed by atoms with Gasteiger partial charge >= 0.3 is 0 Å². The molecule has 0 unspecified atom stereocenters. The number of amides is 1. The van der Waals surface area contributed by atoms with Gasteiger partial charge in [0, 0.05) is 35.0 Å². The van der Waals surface area contributed by atoms with E-state index in [1.165, 1.54) is 11.3 Å². The SMILES string of the molecule is O=C(CCC(=O)c1ccc(Cl)cc1)NCc1csc(-c2ccccn2)n1. The Balaban J connectivity index is 1.46. The van der Waals surface area contributed by atoms with E-state index in [0.717, 1.165) is 16.4 Å². The van der Waals surface area contributed by atoms with E-state index < -0.39 is 0 Å². The van der Waals surface area contributed by atoms with Crippen molar-refractivity contribution in [1.82, 2.24) is 15.3 Å². The number of hydrogen-bond donors (Lipinski definition) is 1. The van der Waals surface area contributed by atoms with Crippen molar-refractivity contribution in [3.05, 3.63) is 70.3 Å². The standard InChI is InChI=1S/C19H16ClN3O2S/c20-14-6-4-13(5-7-14)17(24)8-9-18(25)22-11-15-12-26-19(23-15)16-3-1-2-10-21-16/h1-7,10,12H,8-9,11H2,(H,22,25). The molecule has 0 radical (unpaired) electrons. The fraction of sp³-hybridized carbons (Fsp3) is 0.158. The summed E-state index contributed by atoms with van der Waals surface area (Å²) in [7, 11) is 0. The van der Waals surface area contributed by atoms with Gasteiger partial charge in [-0.1, -0.05) is 17.7 Å². The summed E-state index contributed by atoms with van der Waals surface area (Å²) in [5.74, 6) is -0.261. The van der Waals surface area contributed by atoms with E-state index >= 15 is 0 Å². The smallest absolute Gasteiger partial charge is 0.220 e. The molecule has 0 aliphatic heterocycles. The van der Waals surface area contributed by atoms with E-state index in [1.807, 2.05) is 23.6 Å². The molecule has 5 nitrogen and oxygen atoms in total. The third-order valence-corrected chi connectivity index (χ3v) is 4.81. The Hall–Kier alpha value is -2.57. The van der Waals surface area contributed by atoms with Crippen molar-refractivity contribution in [2.24, 2.45) is 0 Å². The third kappa shape index (κ3) is 4.97. The van der Waals surface area contributed by atoms with Crippen molar-refractivity contribution in [1.29, 1.82) is 0 Å². The first-order valence-electron chi connectivity index (χ1n) is 8.03. The van der Waals surface area contributed by atoms with Crippen LogP contribution in [0, 0.1) is 0 Å². The first-order chi connectivity index (χ1) is 12.6. The third-order valence-electron chi connectivity index (χ3n) is 3.65. The molecule has 1 amide bonds. The topological polar surface area (TPSA) is 72.0 Å². The minimum atomic E-state index is -0.181. The molecular weight excluding hydrogens is 370 g/mol. The van der Waals surface area contributed by atoms with Gasteiger partial charge in [-0.25, -0.2) is 4.98 Å². The highest BCUT2D eigenvalue weighted by molar-refractivity contribution is 7.13. The van der Waals surface area contributed by atoms with E-state index in [2.05, 4.69) is 15.3 Å². The molecule has 3 rings (SSSR count). The first kappa shape index (κ1) is 18.2. The zero-order valence-corrected chi connectivity index (χ0v) is 15.4. The number of benzene rings is 1. The van der Waals surface area contributed by atoms with Crippen LogP contribution in [0.5, 0.6) is 0 Å². The molecule has 1 N–H and O–H groups in total. The second-order valence-electron chi connectivity index (χ2n) is 5.57. The number of hydrogen-bond acceptors (Lipinski definition) is 5. The maximum atomic E-state index is 12.1. The lowest BCUT2D eigenvalue weighted by Gasteiger charge is -2.03. The van der Waals surface area contributed by atoms with E-state index in [1.54, 1.807) is 30.5 Å². The Labute approximate surface area is 160 Å². The Morgan fingerprint density at radius 1 is 1.08 bits per heavy atom. The van der Waals surface area contributed by atoms with Crippen LogP contribution >= 0.6 is 22.9 Å². The van der Waals surface area contributed by atoms with Gasteiger partial charge in [0.15, 0.2) is 5.78 Å². The zero-order chi connectivity index (χ0) is 18.4. The molecule has 2 heterocycles. The number of ketones is 1. The predicted molar refractivity (Wildman–Crippen MR) is 102 cm³/mol. The van der Waals surface area contributed by atoms with Crippen molar-refractivity contribution in [2.75, 3.05) is 0 Å². The predicted octanol–water partition coefficient (Wildman–Crippen LogP) is 4.14. The van der Waals surface area contributed by atoms with E-state index in [-0.39, 0.29) is 24.5 Å². The van der Waals surface area contributed by atoms with Gasteiger partial charge < -0.3 is 5.32 Å². The van der Waals surface area contributed by atoms with Gasteiger partial charge in [-0.3, -0.25) is 14.6 Å². The number of Topliss-reactive ketones (excluding diaryl/α,β-unsaturated/α-hetero) is 1. The van der Waals surface area contributed by atoms with Crippen molar-refractivity contribution in [2.45, 2.75) is 19.4 Å². The van der Waals surface area contributed by atoms with E-state index in [9.17, 15) is 9.59 Å². The number of aromatic nitrogens is 2. The number of rotatable bonds is 7. The van der Waals surface area contributed by atoms with Crippen molar-refractivity contribution in [3.63, 3.8) is 0 Å². The number of pyridine rings is 1. The number of carbonyl (C=O) groups excluding carboxylic acids is 2. The largest absolute Gasteiger partial charge is 0.350 e. The quantitative estimate of drug-likeness (QED) is 0.620. The number of nitrogens with zero attached hydrogens (tertiary/aromatic N) is 2. The summed E-state index contributed by atoms with van der Waals surface area (Å²) < 4.78 is 0. The molecule has 0 saturated heterocycles. The Morgan fingerprint density at radius 3 is 2.62 bits per heavy atom. The van der Waals surface area contributed by atoms with Crippen LogP contribution < -0.4 is 5.32 Å². The van der Waals surface area contributed by atoms with Crippen LogP contribution in [0.2, 0.25) is 5.02 Å². The normalized spacial score (nSPS) is 10.5. The van der Waals surface area contributed by atoms with Crippen LogP contribution in [0.4, 0.5) is 0 Å². The summed E-state index contributed by atoms with van der Waals surface area (Å²) in [5, 5.41) is 6.07. The monoisotopic (exact) mass is 385 g/mol. The molecule has 2 aromatic heterocycles. The molecule has 0 bridgehead atoms. The average molecular weight is 386 g/mol. The lowest BCUT2D eigenvalue weighted by Crippen LogP contribution is -2.23. The molecular formula is C19H16ClN3O2S. The Kier molecular flexibility index (Phi) is 6.09. The van der Waals surface area contributed by atoms with Crippen LogP contribution in [0.25, 0.3) is 10.7 Å². The molecule has 0 aliphatic rings. The lowest BCUT2D eigenvalue weighted by molar-refractivity contribution is -0.121. The van der Waals surface area contributed by atoms with Crippen LogP contribution in [0.3, 0.4) is 0 Å². The van der Waals surface area contributed by atoms with Gasteiger partial charge in [-0.2, -0.15) is 0 Å². The number of thiazole rings is 1. The molecule has 0 fully saturated rings. The van der Waals surface area contributed by atoms with Crippen LogP contribution in [0.15, 0.2) is 54.0 Å². The maximum absolute atomic E-state index is 12.1. The van der Waals surface area contributed by atoms with E-state index in [0.29, 0.717) is 17.1 Å². The molecule has 1 aromatic carbocycles. The molecule has 0 aliphatic carbocycles. The lowest BCUT2D eigenvalue weighted by atomic mass is 10.1. The molecule has 0 spiro atoms. The highest BCUT2D eigenvalue weighted by atomic mass is 35.5. The van der Waals surface area contributed by atoms with Gasteiger partial charge in [0.1, 0.15) is 5.01 Å². The highest BCUT2D eigenvalue weighted by Gasteiger charge is 2.10. The fourth-order valence-corrected chi connectivity index (χ4v) is 3.20. The van der Waals surface area contributed by atoms with Gasteiger partial charge in [0.05, 0.1) is 17.9 Å². The molecule has 0 atom stereocenters. The molecule has 26 heavy (non-hydrogen) atoms. The summed E-state index contributed by atoms with van der Waals surface area (Å²) >= 11 is 7.28. The average Bonchev–Trinajstić information content (AvgIpc) is 3.15. The molecule has 0 saturated carbocycles. The van der Waals surface area contributed by atoms with Gasteiger partial charge in [0.2, 0.25) is 5.91 Å². The van der Waals surface area contributed by atoms with Crippen LogP contribution in [0.1, 0.15) is 28.9 Å². The molecule has 7 heteroatoms. The van der Waals surface area contributed by atoms with Gasteiger partial charge in [-0.15, -0.1) is 11.3 Å². The van der Waals surface area contributed by atoms with Crippen molar-refractivity contribution < 1.29 is 9.59 Å². The summed E-state index contributed by atoms with van der Waals surface area (Å²) in [6.45, 7) is 0.331. The second kappa shape index (κ2) is 8.69.